The SMILES string of the molecule is Cc1cccc(CN2CC3C(CN)C3C2)c1. The highest BCUT2D eigenvalue weighted by Crippen LogP contribution is 2.51. The summed E-state index contributed by atoms with van der Waals surface area (Å²) in [6.45, 7) is 6.70. The van der Waals surface area contributed by atoms with Crippen LogP contribution in [0.5, 0.6) is 0 Å². The smallest absolute Gasteiger partial charge is 0.0234 e. The van der Waals surface area contributed by atoms with Crippen LogP contribution in [0.4, 0.5) is 0 Å². The maximum absolute atomic E-state index is 5.72. The molecule has 2 heteroatoms. The first-order valence-electron chi connectivity index (χ1n) is 6.26. The molecule has 1 aliphatic carbocycles. The molecule has 2 atom stereocenters. The fourth-order valence-corrected chi connectivity index (χ4v) is 3.28. The first-order valence-corrected chi connectivity index (χ1v) is 6.26. The molecule has 1 aromatic rings. The number of aryl methyl sites for hydroxylation is 1. The Hall–Kier alpha value is -0.860. The van der Waals surface area contributed by atoms with E-state index in [4.69, 9.17) is 5.73 Å². The minimum atomic E-state index is 0.841. The van der Waals surface area contributed by atoms with E-state index >= 15 is 0 Å². The van der Waals surface area contributed by atoms with Crippen molar-refractivity contribution in [3.8, 4) is 0 Å². The van der Waals surface area contributed by atoms with Crippen molar-refractivity contribution in [1.29, 1.82) is 0 Å². The lowest BCUT2D eigenvalue weighted by molar-refractivity contribution is 0.279. The Morgan fingerprint density at radius 1 is 1.31 bits per heavy atom. The van der Waals surface area contributed by atoms with Crippen LogP contribution in [0, 0.1) is 24.7 Å². The van der Waals surface area contributed by atoms with Crippen LogP contribution in [0.3, 0.4) is 0 Å². The van der Waals surface area contributed by atoms with Gasteiger partial charge in [-0.1, -0.05) is 29.8 Å². The molecule has 2 aliphatic rings. The van der Waals surface area contributed by atoms with Gasteiger partial charge in [0.15, 0.2) is 0 Å². The number of nitrogens with two attached hydrogens (primary N) is 1. The second-order valence-electron chi connectivity index (χ2n) is 5.41. The van der Waals surface area contributed by atoms with Gasteiger partial charge >= 0.3 is 0 Å². The van der Waals surface area contributed by atoms with Crippen molar-refractivity contribution in [3.63, 3.8) is 0 Å². The number of nitrogens with zero attached hydrogens (tertiary/aromatic N) is 1. The van der Waals surface area contributed by atoms with Gasteiger partial charge in [0.05, 0.1) is 0 Å². The van der Waals surface area contributed by atoms with Gasteiger partial charge in [-0.25, -0.2) is 0 Å². The van der Waals surface area contributed by atoms with Crippen LogP contribution in [-0.2, 0) is 6.54 Å². The lowest BCUT2D eigenvalue weighted by atomic mass is 10.1. The predicted molar refractivity (Wildman–Crippen MR) is 66.0 cm³/mol. The molecule has 2 unspecified atom stereocenters. The molecule has 1 aliphatic heterocycles. The molecule has 1 heterocycles. The molecule has 3 rings (SSSR count). The molecule has 1 saturated heterocycles. The highest BCUT2D eigenvalue weighted by atomic mass is 15.2. The standard InChI is InChI=1S/C14H20N2/c1-10-3-2-4-11(5-10)7-16-8-13-12(6-15)14(13)9-16/h2-5,12-14H,6-9,15H2,1H3. The highest BCUT2D eigenvalue weighted by molar-refractivity contribution is 5.22. The van der Waals surface area contributed by atoms with Gasteiger partial charge in [-0.05, 0) is 36.8 Å². The maximum Gasteiger partial charge on any atom is 0.0234 e. The molecule has 1 aromatic carbocycles. The number of benzene rings is 1. The van der Waals surface area contributed by atoms with Crippen molar-refractivity contribution in [2.45, 2.75) is 13.5 Å². The molecule has 0 bridgehead atoms. The van der Waals surface area contributed by atoms with Crippen LogP contribution in [-0.4, -0.2) is 24.5 Å². The van der Waals surface area contributed by atoms with Gasteiger partial charge in [0, 0.05) is 19.6 Å². The summed E-state index contributed by atoms with van der Waals surface area (Å²) in [5, 5.41) is 0. The molecule has 1 saturated carbocycles. The van der Waals surface area contributed by atoms with E-state index in [9.17, 15) is 0 Å². The van der Waals surface area contributed by atoms with E-state index in [1.54, 1.807) is 0 Å². The first kappa shape index (κ1) is 10.3. The number of hydrogen-bond acceptors (Lipinski definition) is 2. The second-order valence-corrected chi connectivity index (χ2v) is 5.41. The fraction of sp³-hybridized carbons (Fsp3) is 0.571. The summed E-state index contributed by atoms with van der Waals surface area (Å²) < 4.78 is 0. The summed E-state index contributed by atoms with van der Waals surface area (Å²) in [5.74, 6) is 2.67. The predicted octanol–water partition coefficient (Wildman–Crippen LogP) is 1.63. The molecule has 2 fully saturated rings. The van der Waals surface area contributed by atoms with Gasteiger partial charge in [-0.15, -0.1) is 0 Å². The average molecular weight is 216 g/mol. The van der Waals surface area contributed by atoms with Crippen LogP contribution < -0.4 is 5.73 Å². The Bertz CT molecular complexity index is 376. The maximum atomic E-state index is 5.72. The molecule has 0 aromatic heterocycles. The Labute approximate surface area is 97.4 Å². The van der Waals surface area contributed by atoms with E-state index in [1.807, 2.05) is 0 Å². The summed E-state index contributed by atoms with van der Waals surface area (Å²) in [7, 11) is 0. The zero-order chi connectivity index (χ0) is 11.1. The average Bonchev–Trinajstić information content (AvgIpc) is 2.73. The molecule has 86 valence electrons. The number of hydrogen-bond donors (Lipinski definition) is 1. The van der Waals surface area contributed by atoms with Gasteiger partial charge < -0.3 is 5.73 Å². The topological polar surface area (TPSA) is 29.3 Å². The van der Waals surface area contributed by atoms with Crippen LogP contribution >= 0.6 is 0 Å². The zero-order valence-electron chi connectivity index (χ0n) is 9.89. The van der Waals surface area contributed by atoms with Crippen molar-refractivity contribution >= 4 is 0 Å². The molecular formula is C14H20N2. The van der Waals surface area contributed by atoms with Crippen LogP contribution in [0.2, 0.25) is 0 Å². The number of fused-ring (bicyclic) bond motifs is 1. The Morgan fingerprint density at radius 2 is 2.06 bits per heavy atom. The van der Waals surface area contributed by atoms with Gasteiger partial charge in [-0.3, -0.25) is 4.90 Å². The fourth-order valence-electron chi connectivity index (χ4n) is 3.28. The molecule has 0 spiro atoms. The lowest BCUT2D eigenvalue weighted by Gasteiger charge is -2.19. The van der Waals surface area contributed by atoms with Crippen LogP contribution in [0.25, 0.3) is 0 Å². The van der Waals surface area contributed by atoms with E-state index in [0.717, 1.165) is 30.8 Å². The van der Waals surface area contributed by atoms with E-state index in [0.29, 0.717) is 0 Å². The third-order valence-corrected chi connectivity index (χ3v) is 4.21. The van der Waals surface area contributed by atoms with Gasteiger partial charge in [0.1, 0.15) is 0 Å². The number of piperidine rings is 1. The molecule has 0 amide bonds. The number of rotatable bonds is 3. The monoisotopic (exact) mass is 216 g/mol. The van der Waals surface area contributed by atoms with Gasteiger partial charge in [0.25, 0.3) is 0 Å². The normalized spacial score (nSPS) is 32.8. The third-order valence-electron chi connectivity index (χ3n) is 4.21. The summed E-state index contributed by atoms with van der Waals surface area (Å²) in [6, 6.07) is 8.85. The van der Waals surface area contributed by atoms with E-state index in [-0.39, 0.29) is 0 Å². The molecular weight excluding hydrogens is 196 g/mol. The summed E-state index contributed by atoms with van der Waals surface area (Å²) in [6.07, 6.45) is 0. The summed E-state index contributed by atoms with van der Waals surface area (Å²) >= 11 is 0. The largest absolute Gasteiger partial charge is 0.330 e. The van der Waals surface area contributed by atoms with Crippen molar-refractivity contribution in [3.05, 3.63) is 35.4 Å². The van der Waals surface area contributed by atoms with Crippen molar-refractivity contribution in [1.82, 2.24) is 4.90 Å². The first-order chi connectivity index (χ1) is 7.78. The third kappa shape index (κ3) is 1.76. The van der Waals surface area contributed by atoms with E-state index in [2.05, 4.69) is 36.1 Å². The lowest BCUT2D eigenvalue weighted by Crippen LogP contribution is -2.25. The van der Waals surface area contributed by atoms with E-state index < -0.39 is 0 Å². The highest BCUT2D eigenvalue weighted by Gasteiger charge is 2.54. The Balaban J connectivity index is 1.58. The second kappa shape index (κ2) is 3.86. The van der Waals surface area contributed by atoms with Crippen molar-refractivity contribution in [2.24, 2.45) is 23.5 Å². The zero-order valence-corrected chi connectivity index (χ0v) is 9.89. The van der Waals surface area contributed by atoms with Gasteiger partial charge in [0.2, 0.25) is 0 Å². The Morgan fingerprint density at radius 3 is 2.69 bits per heavy atom. The summed E-state index contributed by atoms with van der Waals surface area (Å²) in [5.41, 5.74) is 8.54. The molecule has 2 N–H and O–H groups in total. The van der Waals surface area contributed by atoms with E-state index in [1.165, 1.54) is 24.2 Å². The van der Waals surface area contributed by atoms with Crippen molar-refractivity contribution < 1.29 is 0 Å². The van der Waals surface area contributed by atoms with Crippen LogP contribution in [0.1, 0.15) is 11.1 Å². The van der Waals surface area contributed by atoms with Crippen molar-refractivity contribution in [2.75, 3.05) is 19.6 Å². The Kier molecular flexibility index (Phi) is 2.49. The molecule has 0 radical (unpaired) electrons. The quantitative estimate of drug-likeness (QED) is 0.832. The number of likely N-dealkylation sites (tertiary alicyclic amines) is 1. The summed E-state index contributed by atoms with van der Waals surface area (Å²) in [4.78, 5) is 2.58. The molecule has 16 heavy (non-hydrogen) atoms. The minimum absolute atomic E-state index is 0.841. The minimum Gasteiger partial charge on any atom is -0.330 e. The van der Waals surface area contributed by atoms with Crippen LogP contribution in [0.15, 0.2) is 24.3 Å². The molecule has 2 nitrogen and oxygen atoms in total. The van der Waals surface area contributed by atoms with Gasteiger partial charge in [-0.2, -0.15) is 0 Å².